The predicted octanol–water partition coefficient (Wildman–Crippen LogP) is 4.39. The molecule has 1 aliphatic carbocycles. The van der Waals surface area contributed by atoms with E-state index in [4.69, 9.17) is 9.47 Å². The fraction of sp³-hybridized carbons (Fsp3) is 0.240. The molecular weight excluding hydrogens is 392 g/mol. The van der Waals surface area contributed by atoms with Crippen molar-refractivity contribution in [2.24, 2.45) is 0 Å². The van der Waals surface area contributed by atoms with Crippen molar-refractivity contribution < 1.29 is 19.4 Å². The number of rotatable bonds is 9. The van der Waals surface area contributed by atoms with Crippen LogP contribution >= 0.6 is 0 Å². The molecule has 1 aromatic carbocycles. The number of pyridine rings is 2. The van der Waals surface area contributed by atoms with Gasteiger partial charge in [0.05, 0.1) is 18.0 Å². The number of carbonyl (C=O) groups is 1. The highest BCUT2D eigenvalue weighted by atomic mass is 16.5. The van der Waals surface area contributed by atoms with E-state index in [1.807, 2.05) is 36.4 Å². The van der Waals surface area contributed by atoms with Gasteiger partial charge in [-0.3, -0.25) is 9.97 Å². The van der Waals surface area contributed by atoms with Crippen molar-refractivity contribution >= 4 is 11.5 Å². The largest absolute Gasteiger partial charge is 0.493 e. The monoisotopic (exact) mass is 416 g/mol. The van der Waals surface area contributed by atoms with Crippen LogP contribution in [-0.4, -0.2) is 40.4 Å². The second-order valence-electron chi connectivity index (χ2n) is 7.15. The summed E-state index contributed by atoms with van der Waals surface area (Å²) in [6.07, 6.45) is 5.73. The maximum Gasteiger partial charge on any atom is 0.333 e. The van der Waals surface area contributed by atoms with Crippen LogP contribution in [-0.2, 0) is 16.0 Å². The Morgan fingerprint density at radius 1 is 1.03 bits per heavy atom. The Morgan fingerprint density at radius 3 is 2.35 bits per heavy atom. The van der Waals surface area contributed by atoms with Gasteiger partial charge in [0.2, 0.25) is 0 Å². The third-order valence-corrected chi connectivity index (χ3v) is 5.16. The molecule has 1 aliphatic rings. The summed E-state index contributed by atoms with van der Waals surface area (Å²) in [6, 6.07) is 15.5. The van der Waals surface area contributed by atoms with Crippen molar-refractivity contribution in [3.63, 3.8) is 0 Å². The summed E-state index contributed by atoms with van der Waals surface area (Å²) in [6.45, 7) is 2.59. The number of benzene rings is 1. The number of ether oxygens (including phenoxy) is 2. The number of fused-ring (bicyclic) bond motifs is 3. The lowest BCUT2D eigenvalue weighted by Gasteiger charge is -2.15. The number of carboxylic acids is 1. The quantitative estimate of drug-likeness (QED) is 0.408. The SMILES string of the molecule is CCOC(Cc1ccccc1OCCC=C1c2ncccc2-c2cccnc21)C(=O)O. The molecule has 158 valence electrons. The van der Waals surface area contributed by atoms with Gasteiger partial charge in [0, 0.05) is 48.5 Å². The molecule has 0 bridgehead atoms. The minimum Gasteiger partial charge on any atom is -0.493 e. The number of carboxylic acid groups (broad SMARTS) is 1. The molecule has 4 rings (SSSR count). The molecule has 2 heterocycles. The summed E-state index contributed by atoms with van der Waals surface area (Å²) >= 11 is 0. The van der Waals surface area contributed by atoms with Crippen LogP contribution in [0.15, 0.2) is 67.0 Å². The fourth-order valence-electron chi connectivity index (χ4n) is 3.78. The van der Waals surface area contributed by atoms with Crippen LogP contribution < -0.4 is 4.74 Å². The molecule has 2 aromatic heterocycles. The molecule has 0 aliphatic heterocycles. The van der Waals surface area contributed by atoms with Gasteiger partial charge in [-0.25, -0.2) is 4.79 Å². The number of nitrogens with zero attached hydrogens (tertiary/aromatic N) is 2. The van der Waals surface area contributed by atoms with E-state index in [0.717, 1.165) is 33.7 Å². The molecule has 0 saturated carbocycles. The average molecular weight is 416 g/mol. The molecule has 0 amide bonds. The number of para-hydroxylation sites is 1. The second-order valence-corrected chi connectivity index (χ2v) is 7.15. The van der Waals surface area contributed by atoms with Crippen LogP contribution in [0.1, 0.15) is 30.3 Å². The van der Waals surface area contributed by atoms with E-state index in [0.29, 0.717) is 25.4 Å². The Labute approximate surface area is 181 Å². The van der Waals surface area contributed by atoms with E-state index in [1.54, 1.807) is 19.3 Å². The smallest absolute Gasteiger partial charge is 0.333 e. The lowest BCUT2D eigenvalue weighted by atomic mass is 10.1. The average Bonchev–Trinajstić information content (AvgIpc) is 3.11. The van der Waals surface area contributed by atoms with Gasteiger partial charge in [0.1, 0.15) is 5.75 Å². The van der Waals surface area contributed by atoms with Crippen LogP contribution in [0.4, 0.5) is 0 Å². The highest BCUT2D eigenvalue weighted by Crippen LogP contribution is 2.41. The molecule has 0 radical (unpaired) electrons. The van der Waals surface area contributed by atoms with E-state index in [9.17, 15) is 9.90 Å². The van der Waals surface area contributed by atoms with E-state index >= 15 is 0 Å². The summed E-state index contributed by atoms with van der Waals surface area (Å²) in [5, 5.41) is 9.37. The zero-order chi connectivity index (χ0) is 21.6. The predicted molar refractivity (Wildman–Crippen MR) is 118 cm³/mol. The van der Waals surface area contributed by atoms with Crippen molar-refractivity contribution in [2.45, 2.75) is 25.9 Å². The van der Waals surface area contributed by atoms with Crippen LogP contribution in [0.25, 0.3) is 16.7 Å². The zero-order valence-corrected chi connectivity index (χ0v) is 17.3. The van der Waals surface area contributed by atoms with E-state index in [2.05, 4.69) is 28.2 Å². The summed E-state index contributed by atoms with van der Waals surface area (Å²) < 4.78 is 11.3. The maximum atomic E-state index is 11.4. The zero-order valence-electron chi connectivity index (χ0n) is 17.3. The van der Waals surface area contributed by atoms with Crippen molar-refractivity contribution in [3.05, 3.63) is 84.0 Å². The Kier molecular flexibility index (Phi) is 6.38. The highest BCUT2D eigenvalue weighted by molar-refractivity contribution is 5.98. The van der Waals surface area contributed by atoms with Crippen molar-refractivity contribution in [1.29, 1.82) is 0 Å². The lowest BCUT2D eigenvalue weighted by molar-refractivity contribution is -0.149. The molecule has 0 fully saturated rings. The molecule has 6 heteroatoms. The summed E-state index contributed by atoms with van der Waals surface area (Å²) in [5.74, 6) is -0.296. The third-order valence-electron chi connectivity index (χ3n) is 5.16. The van der Waals surface area contributed by atoms with Crippen LogP contribution in [0.3, 0.4) is 0 Å². The lowest BCUT2D eigenvalue weighted by Crippen LogP contribution is -2.26. The number of aromatic nitrogens is 2. The van der Waals surface area contributed by atoms with Crippen molar-refractivity contribution in [2.75, 3.05) is 13.2 Å². The Balaban J connectivity index is 1.46. The summed E-state index contributed by atoms with van der Waals surface area (Å²) in [7, 11) is 0. The molecule has 1 unspecified atom stereocenters. The van der Waals surface area contributed by atoms with Crippen molar-refractivity contribution in [1.82, 2.24) is 9.97 Å². The van der Waals surface area contributed by atoms with Gasteiger partial charge in [0.15, 0.2) is 6.10 Å². The van der Waals surface area contributed by atoms with Gasteiger partial charge in [-0.1, -0.05) is 36.4 Å². The minimum absolute atomic E-state index is 0.259. The standard InChI is InChI=1S/C25H24N2O4/c1-2-30-22(25(28)29)16-17-8-3-4-12-21(17)31-15-7-11-20-23-18(9-5-13-26-23)19-10-6-14-27-24(19)20/h3-6,8-14,22H,2,7,15-16H2,1H3,(H,28,29). The third kappa shape index (κ3) is 4.49. The number of aliphatic carboxylic acids is 1. The first-order valence-corrected chi connectivity index (χ1v) is 10.4. The summed E-state index contributed by atoms with van der Waals surface area (Å²) in [5.41, 5.74) is 5.91. The maximum absolute atomic E-state index is 11.4. The van der Waals surface area contributed by atoms with E-state index in [1.165, 1.54) is 0 Å². The normalized spacial score (nSPS) is 12.7. The van der Waals surface area contributed by atoms with Gasteiger partial charge >= 0.3 is 5.97 Å². The van der Waals surface area contributed by atoms with Crippen molar-refractivity contribution in [3.8, 4) is 16.9 Å². The highest BCUT2D eigenvalue weighted by Gasteiger charge is 2.25. The van der Waals surface area contributed by atoms with E-state index < -0.39 is 12.1 Å². The van der Waals surface area contributed by atoms with Gasteiger partial charge in [-0.05, 0) is 30.7 Å². The first-order valence-electron chi connectivity index (χ1n) is 10.4. The Bertz CT molecular complexity index is 1060. The molecule has 6 nitrogen and oxygen atoms in total. The molecule has 1 N–H and O–H groups in total. The topological polar surface area (TPSA) is 81.5 Å². The fourth-order valence-corrected chi connectivity index (χ4v) is 3.78. The number of hydrogen-bond acceptors (Lipinski definition) is 5. The number of hydrogen-bond donors (Lipinski definition) is 1. The summed E-state index contributed by atoms with van der Waals surface area (Å²) in [4.78, 5) is 20.5. The Hall–Kier alpha value is -3.51. The molecule has 0 saturated heterocycles. The van der Waals surface area contributed by atoms with Gasteiger partial charge in [-0.15, -0.1) is 0 Å². The van der Waals surface area contributed by atoms with Crippen LogP contribution in [0.2, 0.25) is 0 Å². The second kappa shape index (κ2) is 9.53. The first kappa shape index (κ1) is 20.8. The molecule has 0 spiro atoms. The molecule has 31 heavy (non-hydrogen) atoms. The molecule has 3 aromatic rings. The van der Waals surface area contributed by atoms with Gasteiger partial charge in [0.25, 0.3) is 0 Å². The first-order chi connectivity index (χ1) is 15.2. The molecular formula is C25H24N2O4. The van der Waals surface area contributed by atoms with E-state index in [-0.39, 0.29) is 6.42 Å². The van der Waals surface area contributed by atoms with Crippen LogP contribution in [0, 0.1) is 0 Å². The minimum atomic E-state index is -0.972. The Morgan fingerprint density at radius 2 is 1.71 bits per heavy atom. The van der Waals surface area contributed by atoms with Gasteiger partial charge in [-0.2, -0.15) is 0 Å². The molecule has 1 atom stereocenters. The van der Waals surface area contributed by atoms with Gasteiger partial charge < -0.3 is 14.6 Å². The van der Waals surface area contributed by atoms with Crippen LogP contribution in [0.5, 0.6) is 5.75 Å².